The Kier molecular flexibility index (Phi) is 3.71. The van der Waals surface area contributed by atoms with Gasteiger partial charge in [-0.05, 0) is 37.6 Å². The lowest BCUT2D eigenvalue weighted by Gasteiger charge is -2.09. The fourth-order valence-electron chi connectivity index (χ4n) is 1.66. The molecule has 98 valence electrons. The van der Waals surface area contributed by atoms with Crippen LogP contribution in [-0.4, -0.2) is 16.0 Å². The summed E-state index contributed by atoms with van der Waals surface area (Å²) >= 11 is 5.91. The number of hydrogen-bond donors (Lipinski definition) is 2. The van der Waals surface area contributed by atoms with Crippen LogP contribution in [0.15, 0.2) is 30.5 Å². The van der Waals surface area contributed by atoms with Gasteiger partial charge in [-0.15, -0.1) is 0 Å². The van der Waals surface area contributed by atoms with Gasteiger partial charge in [0.15, 0.2) is 5.15 Å². The van der Waals surface area contributed by atoms with Crippen LogP contribution in [0.2, 0.25) is 5.15 Å². The van der Waals surface area contributed by atoms with Crippen LogP contribution in [0.1, 0.15) is 21.5 Å². The number of hydrogen-bond acceptors (Lipinski definition) is 3. The highest BCUT2D eigenvalue weighted by molar-refractivity contribution is 6.32. The first-order valence-corrected chi connectivity index (χ1v) is 6.08. The number of pyridine rings is 1. The van der Waals surface area contributed by atoms with Crippen LogP contribution in [0.4, 0.5) is 5.69 Å². The van der Waals surface area contributed by atoms with Crippen LogP contribution in [0.5, 0.6) is 5.75 Å². The Morgan fingerprint density at radius 3 is 2.74 bits per heavy atom. The molecule has 0 aliphatic rings. The Balaban J connectivity index is 2.30. The van der Waals surface area contributed by atoms with Crippen molar-refractivity contribution >= 4 is 23.2 Å². The maximum atomic E-state index is 12.1. The molecule has 0 saturated heterocycles. The number of phenols is 1. The first-order valence-electron chi connectivity index (χ1n) is 5.70. The fourth-order valence-corrected chi connectivity index (χ4v) is 1.81. The van der Waals surface area contributed by atoms with E-state index in [9.17, 15) is 9.90 Å². The minimum Gasteiger partial charge on any atom is -0.507 e. The van der Waals surface area contributed by atoms with E-state index in [0.29, 0.717) is 5.69 Å². The van der Waals surface area contributed by atoms with E-state index >= 15 is 0 Å². The number of nitrogens with one attached hydrogen (secondary N) is 1. The predicted molar refractivity (Wildman–Crippen MR) is 74.8 cm³/mol. The maximum Gasteiger partial charge on any atom is 0.259 e. The van der Waals surface area contributed by atoms with Crippen molar-refractivity contribution in [2.24, 2.45) is 0 Å². The quantitative estimate of drug-likeness (QED) is 0.827. The van der Waals surface area contributed by atoms with Gasteiger partial charge >= 0.3 is 0 Å². The van der Waals surface area contributed by atoms with E-state index < -0.39 is 5.91 Å². The minimum absolute atomic E-state index is 0.0696. The lowest BCUT2D eigenvalue weighted by atomic mass is 10.1. The molecular formula is C14H13ClN2O2. The summed E-state index contributed by atoms with van der Waals surface area (Å²) in [5.41, 5.74) is 2.40. The number of aromatic hydroxyl groups is 1. The van der Waals surface area contributed by atoms with Crippen LogP contribution in [0.3, 0.4) is 0 Å². The van der Waals surface area contributed by atoms with E-state index in [1.807, 2.05) is 13.8 Å². The number of anilines is 1. The summed E-state index contributed by atoms with van der Waals surface area (Å²) in [5, 5.41) is 12.6. The summed E-state index contributed by atoms with van der Waals surface area (Å²) in [5.74, 6) is -0.490. The molecule has 0 saturated carbocycles. The second kappa shape index (κ2) is 5.28. The minimum atomic E-state index is -0.421. The molecule has 19 heavy (non-hydrogen) atoms. The second-order valence-electron chi connectivity index (χ2n) is 4.33. The normalized spacial score (nSPS) is 10.3. The summed E-state index contributed by atoms with van der Waals surface area (Å²) in [6, 6.07) is 6.55. The summed E-state index contributed by atoms with van der Waals surface area (Å²) in [6.07, 6.45) is 1.61. The summed E-state index contributed by atoms with van der Waals surface area (Å²) in [4.78, 5) is 16.0. The molecule has 0 spiro atoms. The van der Waals surface area contributed by atoms with Gasteiger partial charge in [0.25, 0.3) is 5.91 Å². The Morgan fingerprint density at radius 2 is 2.00 bits per heavy atom. The molecule has 1 heterocycles. The van der Waals surface area contributed by atoms with E-state index in [0.717, 1.165) is 11.1 Å². The molecule has 2 aromatic rings. The Bertz CT molecular complexity index is 641. The first-order chi connectivity index (χ1) is 8.97. The second-order valence-corrected chi connectivity index (χ2v) is 4.68. The van der Waals surface area contributed by atoms with Crippen molar-refractivity contribution in [1.29, 1.82) is 0 Å². The van der Waals surface area contributed by atoms with Gasteiger partial charge in [0.1, 0.15) is 5.75 Å². The van der Waals surface area contributed by atoms with E-state index in [1.165, 1.54) is 6.07 Å². The average Bonchev–Trinajstić information content (AvgIpc) is 2.36. The molecule has 0 unspecified atom stereocenters. The number of nitrogens with zero attached hydrogens (tertiary/aromatic N) is 1. The molecule has 4 nitrogen and oxygen atoms in total. The zero-order valence-electron chi connectivity index (χ0n) is 10.6. The van der Waals surface area contributed by atoms with E-state index in [2.05, 4.69) is 10.3 Å². The van der Waals surface area contributed by atoms with Crippen molar-refractivity contribution in [3.63, 3.8) is 0 Å². The van der Waals surface area contributed by atoms with E-state index in [-0.39, 0.29) is 16.5 Å². The molecular weight excluding hydrogens is 264 g/mol. The maximum absolute atomic E-state index is 12.1. The van der Waals surface area contributed by atoms with Crippen molar-refractivity contribution in [3.05, 3.63) is 52.3 Å². The number of halogens is 1. The fraction of sp³-hybridized carbons (Fsp3) is 0.143. The Hall–Kier alpha value is -2.07. The number of carbonyl (C=O) groups excluding carboxylic acids is 1. The number of benzene rings is 1. The number of rotatable bonds is 2. The smallest absolute Gasteiger partial charge is 0.259 e. The number of phenolic OH excluding ortho intramolecular Hbond substituents is 1. The SMILES string of the molecule is Cc1cnc(Cl)c(NC(=O)c2cc(C)ccc2O)c1. The van der Waals surface area contributed by atoms with Gasteiger partial charge < -0.3 is 10.4 Å². The molecule has 0 fully saturated rings. The van der Waals surface area contributed by atoms with Crippen LogP contribution in [0.25, 0.3) is 0 Å². The van der Waals surface area contributed by atoms with Gasteiger partial charge in [-0.25, -0.2) is 4.98 Å². The van der Waals surface area contributed by atoms with Crippen molar-refractivity contribution < 1.29 is 9.90 Å². The van der Waals surface area contributed by atoms with Crippen molar-refractivity contribution in [1.82, 2.24) is 4.98 Å². The largest absolute Gasteiger partial charge is 0.507 e. The molecule has 0 radical (unpaired) electrons. The average molecular weight is 277 g/mol. The summed E-state index contributed by atoms with van der Waals surface area (Å²) < 4.78 is 0. The summed E-state index contributed by atoms with van der Waals surface area (Å²) in [7, 11) is 0. The van der Waals surface area contributed by atoms with Crippen LogP contribution in [0, 0.1) is 13.8 Å². The van der Waals surface area contributed by atoms with Crippen molar-refractivity contribution in [2.45, 2.75) is 13.8 Å². The molecule has 2 N–H and O–H groups in total. The molecule has 1 aromatic carbocycles. The Morgan fingerprint density at radius 1 is 1.26 bits per heavy atom. The third-order valence-corrected chi connectivity index (χ3v) is 2.92. The summed E-state index contributed by atoms with van der Waals surface area (Å²) in [6.45, 7) is 3.69. The highest BCUT2D eigenvalue weighted by Gasteiger charge is 2.13. The molecule has 5 heteroatoms. The van der Waals surface area contributed by atoms with Gasteiger partial charge in [0, 0.05) is 6.20 Å². The molecule has 1 aromatic heterocycles. The molecule has 0 aliphatic heterocycles. The molecule has 1 amide bonds. The zero-order chi connectivity index (χ0) is 14.0. The molecule has 0 aliphatic carbocycles. The van der Waals surface area contributed by atoms with E-state index in [1.54, 1.807) is 24.4 Å². The molecule has 2 rings (SSSR count). The van der Waals surface area contributed by atoms with Gasteiger partial charge in [0.2, 0.25) is 0 Å². The standard InChI is InChI=1S/C14H13ClN2O2/c1-8-3-4-12(18)10(5-8)14(19)17-11-6-9(2)7-16-13(11)15/h3-7,18H,1-2H3,(H,17,19). The predicted octanol–water partition coefficient (Wildman–Crippen LogP) is 3.31. The monoisotopic (exact) mass is 276 g/mol. The number of amides is 1. The zero-order valence-corrected chi connectivity index (χ0v) is 11.3. The Labute approximate surface area is 116 Å². The third kappa shape index (κ3) is 3.03. The van der Waals surface area contributed by atoms with Crippen LogP contribution in [-0.2, 0) is 0 Å². The number of carbonyl (C=O) groups is 1. The molecule has 0 bridgehead atoms. The first kappa shape index (κ1) is 13.4. The van der Waals surface area contributed by atoms with Crippen LogP contribution < -0.4 is 5.32 Å². The van der Waals surface area contributed by atoms with Crippen molar-refractivity contribution in [3.8, 4) is 5.75 Å². The van der Waals surface area contributed by atoms with Gasteiger partial charge in [0.05, 0.1) is 11.3 Å². The van der Waals surface area contributed by atoms with Crippen LogP contribution >= 0.6 is 11.6 Å². The number of aromatic nitrogens is 1. The van der Waals surface area contributed by atoms with Crippen molar-refractivity contribution in [2.75, 3.05) is 5.32 Å². The highest BCUT2D eigenvalue weighted by Crippen LogP contribution is 2.23. The van der Waals surface area contributed by atoms with Gasteiger partial charge in [-0.1, -0.05) is 23.2 Å². The number of aryl methyl sites for hydroxylation is 2. The third-order valence-electron chi connectivity index (χ3n) is 2.62. The topological polar surface area (TPSA) is 62.2 Å². The van der Waals surface area contributed by atoms with Gasteiger partial charge in [-0.2, -0.15) is 0 Å². The highest BCUT2D eigenvalue weighted by atomic mass is 35.5. The lowest BCUT2D eigenvalue weighted by Crippen LogP contribution is -2.13. The van der Waals surface area contributed by atoms with E-state index in [4.69, 9.17) is 11.6 Å². The van der Waals surface area contributed by atoms with Gasteiger partial charge in [-0.3, -0.25) is 4.79 Å². The molecule has 0 atom stereocenters. The lowest BCUT2D eigenvalue weighted by molar-refractivity contribution is 0.102.